The highest BCUT2D eigenvalue weighted by Crippen LogP contribution is 1.82. The Balaban J connectivity index is 3.04. The quantitative estimate of drug-likeness (QED) is 0.493. The van der Waals surface area contributed by atoms with Gasteiger partial charge < -0.3 is 20.5 Å². The number of ether oxygens (including phenoxy) is 2. The van der Waals surface area contributed by atoms with Crippen molar-refractivity contribution in [1.82, 2.24) is 5.32 Å². The highest BCUT2D eigenvalue weighted by molar-refractivity contribution is 5.75. The van der Waals surface area contributed by atoms with Crippen LogP contribution in [0.1, 0.15) is 19.8 Å². The first-order chi connectivity index (χ1) is 7.66. The summed E-state index contributed by atoms with van der Waals surface area (Å²) < 4.78 is 10.3. The molecule has 0 atom stereocenters. The molecule has 0 aromatic heterocycles. The fourth-order valence-corrected chi connectivity index (χ4v) is 0.882. The van der Waals surface area contributed by atoms with Crippen molar-refractivity contribution in [1.29, 1.82) is 0 Å². The Kier molecular flexibility index (Phi) is 9.64. The highest BCUT2D eigenvalue weighted by atomic mass is 16.5. The van der Waals surface area contributed by atoms with Crippen LogP contribution in [0.15, 0.2) is 0 Å². The summed E-state index contributed by atoms with van der Waals surface area (Å²) in [5, 5.41) is 2.68. The van der Waals surface area contributed by atoms with Gasteiger partial charge in [0, 0.05) is 19.4 Å². The minimum atomic E-state index is -0.372. The van der Waals surface area contributed by atoms with Crippen LogP contribution >= 0.6 is 0 Å². The Morgan fingerprint density at radius 2 is 1.75 bits per heavy atom. The number of primary amides is 1. The van der Waals surface area contributed by atoms with Crippen LogP contribution in [0.4, 0.5) is 0 Å². The van der Waals surface area contributed by atoms with Gasteiger partial charge in [0.05, 0.1) is 26.4 Å². The minimum Gasteiger partial charge on any atom is -0.379 e. The van der Waals surface area contributed by atoms with Crippen LogP contribution in [0.25, 0.3) is 0 Å². The zero-order valence-corrected chi connectivity index (χ0v) is 9.66. The zero-order chi connectivity index (χ0) is 12.2. The van der Waals surface area contributed by atoms with Gasteiger partial charge in [-0.3, -0.25) is 9.59 Å². The zero-order valence-electron chi connectivity index (χ0n) is 9.66. The molecule has 6 nitrogen and oxygen atoms in total. The third kappa shape index (κ3) is 10.9. The maximum atomic E-state index is 10.8. The number of carbonyl (C=O) groups is 2. The molecule has 0 aromatic carbocycles. The fraction of sp³-hybridized carbons (Fsp3) is 0.800. The minimum absolute atomic E-state index is 0.0151. The van der Waals surface area contributed by atoms with Crippen molar-refractivity contribution in [2.24, 2.45) is 5.73 Å². The van der Waals surface area contributed by atoms with Gasteiger partial charge in [0.15, 0.2) is 0 Å². The molecule has 2 amide bonds. The summed E-state index contributed by atoms with van der Waals surface area (Å²) in [7, 11) is 0. The Morgan fingerprint density at radius 3 is 2.31 bits per heavy atom. The molecule has 94 valence electrons. The predicted octanol–water partition coefficient (Wildman–Crippen LogP) is -0.579. The number of rotatable bonds is 10. The number of carbonyl (C=O) groups excluding carboxylic acids is 2. The molecule has 0 aliphatic rings. The lowest BCUT2D eigenvalue weighted by molar-refractivity contribution is -0.121. The molecule has 0 unspecified atom stereocenters. The van der Waals surface area contributed by atoms with Gasteiger partial charge in [0.2, 0.25) is 11.8 Å². The molecule has 3 N–H and O–H groups in total. The lowest BCUT2D eigenvalue weighted by Gasteiger charge is -2.05. The van der Waals surface area contributed by atoms with E-state index in [1.165, 1.54) is 0 Å². The van der Waals surface area contributed by atoms with E-state index in [1.807, 2.05) is 0 Å². The van der Waals surface area contributed by atoms with Gasteiger partial charge in [0.25, 0.3) is 0 Å². The SMILES string of the molecule is CCC(=O)NCCOCCOCCC(N)=O. The molecule has 0 aliphatic carbocycles. The van der Waals surface area contributed by atoms with Gasteiger partial charge in [-0.1, -0.05) is 6.92 Å². The summed E-state index contributed by atoms with van der Waals surface area (Å²) in [6.45, 7) is 3.96. The van der Waals surface area contributed by atoms with Gasteiger partial charge in [-0.25, -0.2) is 0 Å². The summed E-state index contributed by atoms with van der Waals surface area (Å²) in [6, 6.07) is 0. The van der Waals surface area contributed by atoms with Crippen LogP contribution in [0.3, 0.4) is 0 Å². The number of amides is 2. The summed E-state index contributed by atoms with van der Waals surface area (Å²) >= 11 is 0. The number of nitrogens with two attached hydrogens (primary N) is 1. The third-order valence-corrected chi connectivity index (χ3v) is 1.75. The van der Waals surface area contributed by atoms with Crippen LogP contribution in [0, 0.1) is 0 Å². The highest BCUT2D eigenvalue weighted by Gasteiger charge is 1.96. The van der Waals surface area contributed by atoms with Gasteiger partial charge in [-0.15, -0.1) is 0 Å². The molecular formula is C10H20N2O4. The van der Waals surface area contributed by atoms with E-state index in [1.54, 1.807) is 6.92 Å². The fourth-order valence-electron chi connectivity index (χ4n) is 0.882. The van der Waals surface area contributed by atoms with Crippen molar-refractivity contribution in [3.63, 3.8) is 0 Å². The molecule has 0 spiro atoms. The van der Waals surface area contributed by atoms with Crippen molar-refractivity contribution in [2.45, 2.75) is 19.8 Å². The molecule has 0 fully saturated rings. The van der Waals surface area contributed by atoms with E-state index in [0.29, 0.717) is 39.4 Å². The lowest BCUT2D eigenvalue weighted by Crippen LogP contribution is -2.26. The van der Waals surface area contributed by atoms with E-state index < -0.39 is 0 Å². The Morgan fingerprint density at radius 1 is 1.12 bits per heavy atom. The summed E-state index contributed by atoms with van der Waals surface area (Å²) in [5.74, 6) is -0.357. The summed E-state index contributed by atoms with van der Waals surface area (Å²) in [4.78, 5) is 21.2. The Hall–Kier alpha value is -1.14. The first-order valence-electron chi connectivity index (χ1n) is 5.37. The molecule has 16 heavy (non-hydrogen) atoms. The molecule has 6 heteroatoms. The van der Waals surface area contributed by atoms with E-state index in [9.17, 15) is 9.59 Å². The van der Waals surface area contributed by atoms with Crippen LogP contribution in [-0.2, 0) is 19.1 Å². The monoisotopic (exact) mass is 232 g/mol. The average molecular weight is 232 g/mol. The molecule has 0 aliphatic heterocycles. The van der Waals surface area contributed by atoms with Crippen LogP contribution in [0.5, 0.6) is 0 Å². The summed E-state index contributed by atoms with van der Waals surface area (Å²) in [5.41, 5.74) is 4.92. The summed E-state index contributed by atoms with van der Waals surface area (Å²) in [6.07, 6.45) is 0.711. The topological polar surface area (TPSA) is 90.7 Å². The lowest BCUT2D eigenvalue weighted by atomic mass is 10.4. The normalized spacial score (nSPS) is 10.1. The standard InChI is InChI=1S/C10H20N2O4/c1-2-10(14)12-4-6-16-8-7-15-5-3-9(11)13/h2-8H2,1H3,(H2,11,13)(H,12,14). The van der Waals surface area contributed by atoms with E-state index in [2.05, 4.69) is 5.32 Å². The molecule has 0 aromatic rings. The van der Waals surface area contributed by atoms with Gasteiger partial charge >= 0.3 is 0 Å². The number of hydrogen-bond acceptors (Lipinski definition) is 4. The molecular weight excluding hydrogens is 212 g/mol. The Bertz CT molecular complexity index is 209. The number of hydrogen-bond donors (Lipinski definition) is 2. The molecule has 0 saturated heterocycles. The van der Waals surface area contributed by atoms with Crippen molar-refractivity contribution in [3.8, 4) is 0 Å². The van der Waals surface area contributed by atoms with Crippen molar-refractivity contribution in [2.75, 3.05) is 33.0 Å². The first-order valence-corrected chi connectivity index (χ1v) is 5.37. The second-order valence-electron chi connectivity index (χ2n) is 3.14. The molecule has 0 rings (SSSR count). The van der Waals surface area contributed by atoms with E-state index in [4.69, 9.17) is 15.2 Å². The van der Waals surface area contributed by atoms with Gasteiger partial charge in [-0.2, -0.15) is 0 Å². The third-order valence-electron chi connectivity index (χ3n) is 1.75. The second-order valence-corrected chi connectivity index (χ2v) is 3.14. The van der Waals surface area contributed by atoms with Crippen LogP contribution < -0.4 is 11.1 Å². The molecule has 0 heterocycles. The molecule has 0 bridgehead atoms. The van der Waals surface area contributed by atoms with Crippen molar-refractivity contribution < 1.29 is 19.1 Å². The average Bonchev–Trinajstić information content (AvgIpc) is 2.26. The smallest absolute Gasteiger partial charge is 0.219 e. The van der Waals surface area contributed by atoms with Gasteiger partial charge in [-0.05, 0) is 0 Å². The van der Waals surface area contributed by atoms with Crippen molar-refractivity contribution in [3.05, 3.63) is 0 Å². The number of nitrogens with one attached hydrogen (secondary N) is 1. The predicted molar refractivity (Wildman–Crippen MR) is 58.8 cm³/mol. The maximum absolute atomic E-state index is 10.8. The van der Waals surface area contributed by atoms with Crippen LogP contribution in [0.2, 0.25) is 0 Å². The van der Waals surface area contributed by atoms with E-state index in [0.717, 1.165) is 0 Å². The maximum Gasteiger partial charge on any atom is 0.219 e. The largest absolute Gasteiger partial charge is 0.379 e. The Labute approximate surface area is 95.5 Å². The molecule has 0 radical (unpaired) electrons. The van der Waals surface area contributed by atoms with Crippen LogP contribution in [-0.4, -0.2) is 44.8 Å². The second kappa shape index (κ2) is 10.4. The van der Waals surface area contributed by atoms with E-state index in [-0.39, 0.29) is 18.2 Å². The van der Waals surface area contributed by atoms with Gasteiger partial charge in [0.1, 0.15) is 0 Å². The van der Waals surface area contributed by atoms with E-state index >= 15 is 0 Å². The first kappa shape index (κ1) is 14.9. The van der Waals surface area contributed by atoms with Crippen molar-refractivity contribution >= 4 is 11.8 Å². The molecule has 0 saturated carbocycles.